The quantitative estimate of drug-likeness (QED) is 0.230. The van der Waals surface area contributed by atoms with Gasteiger partial charge in [-0.3, -0.25) is 9.59 Å². The lowest BCUT2D eigenvalue weighted by Gasteiger charge is -2.37. The van der Waals surface area contributed by atoms with Crippen LogP contribution in [0.25, 0.3) is 0 Å². The monoisotopic (exact) mass is 527 g/mol. The van der Waals surface area contributed by atoms with Crippen molar-refractivity contribution >= 4 is 17.9 Å². The van der Waals surface area contributed by atoms with Crippen LogP contribution in [0.1, 0.15) is 111 Å². The van der Waals surface area contributed by atoms with Gasteiger partial charge in [-0.15, -0.1) is 6.42 Å². The Morgan fingerprint density at radius 1 is 1.03 bits per heavy atom. The van der Waals surface area contributed by atoms with Crippen molar-refractivity contribution in [1.29, 1.82) is 0 Å². The molecule has 38 heavy (non-hydrogen) atoms. The predicted molar refractivity (Wildman–Crippen MR) is 153 cm³/mol. The molecule has 0 saturated heterocycles. The minimum Gasteiger partial charge on any atom is -0.444 e. The molecule has 1 rings (SSSR count). The molecule has 0 spiro atoms. The number of unbranched alkanes of at least 4 members (excludes halogenated alkanes) is 2. The van der Waals surface area contributed by atoms with E-state index in [2.05, 4.69) is 30.4 Å². The van der Waals surface area contributed by atoms with Gasteiger partial charge in [-0.25, -0.2) is 4.79 Å². The van der Waals surface area contributed by atoms with E-state index < -0.39 is 23.8 Å². The van der Waals surface area contributed by atoms with Gasteiger partial charge in [-0.2, -0.15) is 0 Å². The molecule has 7 nitrogen and oxygen atoms in total. The maximum atomic E-state index is 14.3. The van der Waals surface area contributed by atoms with E-state index in [-0.39, 0.29) is 23.8 Å². The van der Waals surface area contributed by atoms with Crippen LogP contribution in [-0.4, -0.2) is 47.0 Å². The lowest BCUT2D eigenvalue weighted by Crippen LogP contribution is -2.56. The Labute approximate surface area is 230 Å². The summed E-state index contributed by atoms with van der Waals surface area (Å²) in [6.07, 6.45) is 10.1. The second-order valence-electron chi connectivity index (χ2n) is 11.1. The molecule has 212 valence electrons. The molecule has 1 aromatic rings. The average molecular weight is 528 g/mol. The molecule has 7 heteroatoms. The van der Waals surface area contributed by atoms with Crippen LogP contribution < -0.4 is 10.6 Å². The van der Waals surface area contributed by atoms with E-state index in [1.54, 1.807) is 31.7 Å². The second-order valence-corrected chi connectivity index (χ2v) is 11.1. The molecule has 0 fully saturated rings. The maximum absolute atomic E-state index is 14.3. The van der Waals surface area contributed by atoms with Crippen LogP contribution in [0.2, 0.25) is 0 Å². The van der Waals surface area contributed by atoms with Gasteiger partial charge in [0.1, 0.15) is 17.7 Å². The number of hydrogen-bond donors (Lipinski definition) is 2. The molecular weight excluding hydrogens is 478 g/mol. The zero-order valence-electron chi connectivity index (χ0n) is 24.7. The lowest BCUT2D eigenvalue weighted by molar-refractivity contribution is -0.143. The van der Waals surface area contributed by atoms with E-state index in [0.29, 0.717) is 30.5 Å². The van der Waals surface area contributed by atoms with Crippen LogP contribution in [0.5, 0.6) is 0 Å². The lowest BCUT2D eigenvalue weighted by atomic mass is 9.93. The Hall–Kier alpha value is -3.01. The number of ether oxygens (including phenoxy) is 1. The summed E-state index contributed by atoms with van der Waals surface area (Å²) in [5, 5.41) is 5.90. The van der Waals surface area contributed by atoms with Crippen LogP contribution in [0.3, 0.4) is 0 Å². The van der Waals surface area contributed by atoms with Crippen molar-refractivity contribution in [2.75, 3.05) is 6.54 Å². The minimum atomic E-state index is -0.932. The van der Waals surface area contributed by atoms with Gasteiger partial charge >= 0.3 is 6.09 Å². The molecule has 3 amide bonds. The van der Waals surface area contributed by atoms with Crippen molar-refractivity contribution in [2.45, 2.75) is 118 Å². The minimum absolute atomic E-state index is 0.0640. The Morgan fingerprint density at radius 3 is 2.24 bits per heavy atom. The first kappa shape index (κ1) is 33.0. The third kappa shape index (κ3) is 10.4. The first-order valence-electron chi connectivity index (χ1n) is 14.1. The molecule has 0 aliphatic heterocycles. The zero-order chi connectivity index (χ0) is 28.9. The number of carbonyl (C=O) groups excluding carboxylic acids is 3. The van der Waals surface area contributed by atoms with Crippen molar-refractivity contribution in [2.24, 2.45) is 5.92 Å². The topological polar surface area (TPSA) is 87.7 Å². The van der Waals surface area contributed by atoms with Gasteiger partial charge < -0.3 is 20.3 Å². The summed E-state index contributed by atoms with van der Waals surface area (Å²) in [5.41, 5.74) is 0.447. The van der Waals surface area contributed by atoms with E-state index in [9.17, 15) is 14.4 Å². The highest BCUT2D eigenvalue weighted by atomic mass is 16.6. The highest BCUT2D eigenvalue weighted by Gasteiger charge is 2.38. The van der Waals surface area contributed by atoms with Gasteiger partial charge in [0.2, 0.25) is 11.8 Å². The Bertz CT molecular complexity index is 947. The van der Waals surface area contributed by atoms with E-state index in [1.807, 2.05) is 39.0 Å². The Morgan fingerprint density at radius 2 is 1.68 bits per heavy atom. The summed E-state index contributed by atoms with van der Waals surface area (Å²) in [7, 11) is 0. The number of carbonyl (C=O) groups is 3. The first-order valence-corrected chi connectivity index (χ1v) is 14.1. The summed E-state index contributed by atoms with van der Waals surface area (Å²) in [5.74, 6) is 1.90. The molecule has 0 aliphatic rings. The van der Waals surface area contributed by atoms with Crippen LogP contribution >= 0.6 is 0 Å². The number of nitrogens with one attached hydrogen (secondary N) is 2. The highest BCUT2D eigenvalue weighted by molar-refractivity contribution is 5.92. The molecule has 4 unspecified atom stereocenters. The molecule has 0 bridgehead atoms. The van der Waals surface area contributed by atoms with Crippen molar-refractivity contribution < 1.29 is 19.1 Å². The SMILES string of the molecule is C#Cc1ccccc1C(C(=O)NC(C)CCC)N(CCCCC)C(=O)C(NC(=O)OC(C)(C)C)C(C)CC. The van der Waals surface area contributed by atoms with E-state index >= 15 is 0 Å². The molecule has 0 aliphatic carbocycles. The molecule has 0 saturated carbocycles. The van der Waals surface area contributed by atoms with Gasteiger partial charge in [0.15, 0.2) is 0 Å². The number of terminal acetylenes is 1. The summed E-state index contributed by atoms with van der Waals surface area (Å²) < 4.78 is 5.47. The smallest absolute Gasteiger partial charge is 0.408 e. The largest absolute Gasteiger partial charge is 0.444 e. The Balaban J connectivity index is 3.62. The van der Waals surface area contributed by atoms with Gasteiger partial charge in [-0.05, 0) is 58.1 Å². The number of rotatable bonds is 14. The molecule has 2 N–H and O–H groups in total. The Kier molecular flexibility index (Phi) is 14.0. The molecular formula is C31H49N3O4. The number of benzene rings is 1. The third-order valence-electron chi connectivity index (χ3n) is 6.52. The fourth-order valence-electron chi connectivity index (χ4n) is 4.34. The highest BCUT2D eigenvalue weighted by Crippen LogP contribution is 2.28. The van der Waals surface area contributed by atoms with Crippen LogP contribution in [0, 0.1) is 18.3 Å². The molecule has 4 atom stereocenters. The van der Waals surface area contributed by atoms with Gasteiger partial charge in [0.25, 0.3) is 0 Å². The standard InChI is InChI=1S/C31H49N3O4/c1-10-14-17-21-34(29(36)26(22(5)12-3)33-30(37)38-31(7,8)9)27(28(35)32-23(6)18-11-2)25-20-16-15-19-24(25)13-4/h4,15-16,19-20,22-23,26-27H,10-12,14,17-18,21H2,1-3,5-9H3,(H,32,35)(H,33,37). The fraction of sp³-hybridized carbons (Fsp3) is 0.645. The van der Waals surface area contributed by atoms with E-state index in [1.165, 1.54) is 0 Å². The zero-order valence-corrected chi connectivity index (χ0v) is 24.7. The van der Waals surface area contributed by atoms with Crippen molar-refractivity contribution in [3.05, 3.63) is 35.4 Å². The molecule has 1 aromatic carbocycles. The molecule has 0 aromatic heterocycles. The van der Waals surface area contributed by atoms with E-state index in [0.717, 1.165) is 25.7 Å². The summed E-state index contributed by atoms with van der Waals surface area (Å²) >= 11 is 0. The number of nitrogens with zero attached hydrogens (tertiary/aromatic N) is 1. The van der Waals surface area contributed by atoms with Gasteiger partial charge in [0, 0.05) is 18.2 Å². The van der Waals surface area contributed by atoms with Crippen molar-refractivity contribution in [3.8, 4) is 12.3 Å². The average Bonchev–Trinajstić information content (AvgIpc) is 2.85. The van der Waals surface area contributed by atoms with Crippen molar-refractivity contribution in [1.82, 2.24) is 15.5 Å². The van der Waals surface area contributed by atoms with Crippen molar-refractivity contribution in [3.63, 3.8) is 0 Å². The maximum Gasteiger partial charge on any atom is 0.408 e. The van der Waals surface area contributed by atoms with Gasteiger partial charge in [-0.1, -0.05) is 77.5 Å². The van der Waals surface area contributed by atoms with E-state index in [4.69, 9.17) is 11.2 Å². The van der Waals surface area contributed by atoms with Crippen LogP contribution in [0.15, 0.2) is 24.3 Å². The summed E-state index contributed by atoms with van der Waals surface area (Å²) in [4.78, 5) is 42.5. The third-order valence-corrected chi connectivity index (χ3v) is 6.52. The second kappa shape index (κ2) is 16.1. The number of amides is 3. The van der Waals surface area contributed by atoms with Crippen LogP contribution in [0.4, 0.5) is 4.79 Å². The first-order chi connectivity index (χ1) is 17.9. The molecule has 0 heterocycles. The number of hydrogen-bond acceptors (Lipinski definition) is 4. The van der Waals surface area contributed by atoms with Gasteiger partial charge in [0.05, 0.1) is 0 Å². The normalized spacial score (nSPS) is 14.4. The molecule has 0 radical (unpaired) electrons. The number of alkyl carbamates (subject to hydrolysis) is 1. The summed E-state index contributed by atoms with van der Waals surface area (Å²) in [6, 6.07) is 5.38. The summed E-state index contributed by atoms with van der Waals surface area (Å²) in [6.45, 7) is 15.7. The predicted octanol–water partition coefficient (Wildman–Crippen LogP) is 5.97. The van der Waals surface area contributed by atoms with Crippen LogP contribution in [-0.2, 0) is 14.3 Å². The fourth-order valence-corrected chi connectivity index (χ4v) is 4.34.